The van der Waals surface area contributed by atoms with Crippen molar-refractivity contribution in [3.63, 3.8) is 0 Å². The van der Waals surface area contributed by atoms with E-state index in [0.717, 1.165) is 4.88 Å². The summed E-state index contributed by atoms with van der Waals surface area (Å²) in [6.07, 6.45) is 4.05. The van der Waals surface area contributed by atoms with Gasteiger partial charge in [0.1, 0.15) is 0 Å². The predicted octanol–water partition coefficient (Wildman–Crippen LogP) is 1.99. The molecule has 0 saturated heterocycles. The summed E-state index contributed by atoms with van der Waals surface area (Å²) in [6, 6.07) is 3.93. The molecule has 1 aromatic rings. The van der Waals surface area contributed by atoms with Gasteiger partial charge in [0.25, 0.3) is 0 Å². The fraction of sp³-hybridized carbons (Fsp3) is 0.417. The third-order valence-corrected chi connectivity index (χ3v) is 3.05. The molecule has 4 heteroatoms. The molecule has 0 unspecified atom stereocenters. The number of carbonyl (C=O) groups excluding carboxylic acids is 1. The average Bonchev–Trinajstić information content (AvgIpc) is 2.80. The van der Waals surface area contributed by atoms with Gasteiger partial charge in [-0.1, -0.05) is 6.07 Å². The maximum absolute atomic E-state index is 11.7. The molecule has 16 heavy (non-hydrogen) atoms. The molecule has 88 valence electrons. The van der Waals surface area contributed by atoms with Crippen LogP contribution in [-0.2, 0) is 4.79 Å². The molecule has 0 aliphatic carbocycles. The molecule has 0 aromatic carbocycles. The van der Waals surface area contributed by atoms with Gasteiger partial charge in [-0.25, -0.2) is 0 Å². The number of thiophene rings is 1. The molecule has 1 rings (SSSR count). The van der Waals surface area contributed by atoms with Gasteiger partial charge < -0.3 is 10.0 Å². The number of nitrogens with zero attached hydrogens (tertiary/aromatic N) is 1. The summed E-state index contributed by atoms with van der Waals surface area (Å²) >= 11 is 1.60. The minimum Gasteiger partial charge on any atom is -0.396 e. The first kappa shape index (κ1) is 12.9. The van der Waals surface area contributed by atoms with Gasteiger partial charge in [-0.05, 0) is 30.9 Å². The standard InChI is InChI=1S/C12H17NO2S/c1-2-13(8-4-9-14)12(15)7-6-11-5-3-10-16-11/h3,5-7,10,14H,2,4,8-9H2,1H3/b7-6+. The summed E-state index contributed by atoms with van der Waals surface area (Å²) in [4.78, 5) is 14.5. The lowest BCUT2D eigenvalue weighted by atomic mass is 10.3. The van der Waals surface area contributed by atoms with Crippen molar-refractivity contribution >= 4 is 23.3 Å². The second kappa shape index (κ2) is 7.19. The molecule has 0 fully saturated rings. The third kappa shape index (κ3) is 4.16. The van der Waals surface area contributed by atoms with Crippen molar-refractivity contribution in [1.82, 2.24) is 4.90 Å². The fourth-order valence-electron chi connectivity index (χ4n) is 1.33. The number of hydrogen-bond acceptors (Lipinski definition) is 3. The number of carbonyl (C=O) groups is 1. The number of aliphatic hydroxyl groups is 1. The van der Waals surface area contributed by atoms with Gasteiger partial charge in [0.2, 0.25) is 5.91 Å². The Labute approximate surface area is 100 Å². The average molecular weight is 239 g/mol. The Morgan fingerprint density at radius 1 is 1.62 bits per heavy atom. The molecular formula is C12H17NO2S. The van der Waals surface area contributed by atoms with Crippen molar-refractivity contribution in [1.29, 1.82) is 0 Å². The van der Waals surface area contributed by atoms with Gasteiger partial charge >= 0.3 is 0 Å². The zero-order valence-electron chi connectivity index (χ0n) is 9.43. The van der Waals surface area contributed by atoms with Crippen LogP contribution in [0.25, 0.3) is 6.08 Å². The largest absolute Gasteiger partial charge is 0.396 e. The summed E-state index contributed by atoms with van der Waals surface area (Å²) in [5.74, 6) is 0.00403. The lowest BCUT2D eigenvalue weighted by Gasteiger charge is -2.18. The van der Waals surface area contributed by atoms with Crippen molar-refractivity contribution in [2.75, 3.05) is 19.7 Å². The van der Waals surface area contributed by atoms with E-state index in [1.54, 1.807) is 22.3 Å². The van der Waals surface area contributed by atoms with Crippen LogP contribution in [0.2, 0.25) is 0 Å². The van der Waals surface area contributed by atoms with Crippen molar-refractivity contribution in [3.8, 4) is 0 Å². The normalized spacial score (nSPS) is 10.9. The topological polar surface area (TPSA) is 40.5 Å². The summed E-state index contributed by atoms with van der Waals surface area (Å²) in [7, 11) is 0. The van der Waals surface area contributed by atoms with E-state index in [1.165, 1.54) is 0 Å². The van der Waals surface area contributed by atoms with Crippen LogP contribution in [-0.4, -0.2) is 35.6 Å². The minimum absolute atomic E-state index is 0.00403. The van der Waals surface area contributed by atoms with Gasteiger partial charge in [0, 0.05) is 30.6 Å². The van der Waals surface area contributed by atoms with E-state index in [4.69, 9.17) is 5.11 Å². The zero-order valence-corrected chi connectivity index (χ0v) is 10.2. The molecule has 1 aromatic heterocycles. The van der Waals surface area contributed by atoms with E-state index in [0.29, 0.717) is 19.5 Å². The molecule has 3 nitrogen and oxygen atoms in total. The van der Waals surface area contributed by atoms with Crippen molar-refractivity contribution < 1.29 is 9.90 Å². The van der Waals surface area contributed by atoms with Gasteiger partial charge in [-0.15, -0.1) is 11.3 Å². The van der Waals surface area contributed by atoms with Crippen molar-refractivity contribution in [2.24, 2.45) is 0 Å². The summed E-state index contributed by atoms with van der Waals surface area (Å²) in [5.41, 5.74) is 0. The van der Waals surface area contributed by atoms with Crippen LogP contribution in [0.3, 0.4) is 0 Å². The van der Waals surface area contributed by atoms with Gasteiger partial charge in [-0.2, -0.15) is 0 Å². The first-order valence-corrected chi connectivity index (χ1v) is 6.27. The smallest absolute Gasteiger partial charge is 0.246 e. The van der Waals surface area contributed by atoms with Gasteiger partial charge in [0.05, 0.1) is 0 Å². The zero-order chi connectivity index (χ0) is 11.8. The molecule has 0 aliphatic rings. The Balaban J connectivity index is 2.49. The molecule has 0 aliphatic heterocycles. The number of likely N-dealkylation sites (N-methyl/N-ethyl adjacent to an activating group) is 1. The highest BCUT2D eigenvalue weighted by Crippen LogP contribution is 2.10. The van der Waals surface area contributed by atoms with Crippen LogP contribution in [0.15, 0.2) is 23.6 Å². The second-order valence-electron chi connectivity index (χ2n) is 3.34. The summed E-state index contributed by atoms with van der Waals surface area (Å²) in [5, 5.41) is 10.7. The van der Waals surface area contributed by atoms with Gasteiger partial charge in [-0.3, -0.25) is 4.79 Å². The lowest BCUT2D eigenvalue weighted by Crippen LogP contribution is -2.30. The van der Waals surface area contributed by atoms with E-state index >= 15 is 0 Å². The Morgan fingerprint density at radius 2 is 2.44 bits per heavy atom. The molecular weight excluding hydrogens is 222 g/mol. The Morgan fingerprint density at radius 3 is 3.00 bits per heavy atom. The van der Waals surface area contributed by atoms with E-state index in [-0.39, 0.29) is 12.5 Å². The highest BCUT2D eigenvalue weighted by molar-refractivity contribution is 7.10. The minimum atomic E-state index is 0.00403. The fourth-order valence-corrected chi connectivity index (χ4v) is 1.95. The maximum atomic E-state index is 11.7. The highest BCUT2D eigenvalue weighted by Gasteiger charge is 2.06. The van der Waals surface area contributed by atoms with E-state index in [1.807, 2.05) is 30.5 Å². The lowest BCUT2D eigenvalue weighted by molar-refractivity contribution is -0.125. The molecule has 1 heterocycles. The monoisotopic (exact) mass is 239 g/mol. The quantitative estimate of drug-likeness (QED) is 0.771. The van der Waals surface area contributed by atoms with Crippen LogP contribution in [0.4, 0.5) is 0 Å². The molecule has 0 atom stereocenters. The molecule has 0 spiro atoms. The number of hydrogen-bond donors (Lipinski definition) is 1. The first-order valence-electron chi connectivity index (χ1n) is 5.39. The van der Waals surface area contributed by atoms with E-state index in [2.05, 4.69) is 0 Å². The van der Waals surface area contributed by atoms with Gasteiger partial charge in [0.15, 0.2) is 0 Å². The van der Waals surface area contributed by atoms with Crippen molar-refractivity contribution in [2.45, 2.75) is 13.3 Å². The van der Waals surface area contributed by atoms with Crippen LogP contribution in [0.1, 0.15) is 18.2 Å². The maximum Gasteiger partial charge on any atom is 0.246 e. The Kier molecular flexibility index (Phi) is 5.82. The third-order valence-electron chi connectivity index (χ3n) is 2.21. The molecule has 0 bridgehead atoms. The Hall–Kier alpha value is -1.13. The SMILES string of the molecule is CCN(CCCO)C(=O)/C=C/c1cccs1. The van der Waals surface area contributed by atoms with E-state index in [9.17, 15) is 4.79 Å². The number of aliphatic hydroxyl groups excluding tert-OH is 1. The molecule has 1 N–H and O–H groups in total. The predicted molar refractivity (Wildman–Crippen MR) is 67.3 cm³/mol. The van der Waals surface area contributed by atoms with Crippen molar-refractivity contribution in [3.05, 3.63) is 28.5 Å². The van der Waals surface area contributed by atoms with Crippen LogP contribution < -0.4 is 0 Å². The van der Waals surface area contributed by atoms with E-state index < -0.39 is 0 Å². The molecule has 0 radical (unpaired) electrons. The van der Waals surface area contributed by atoms with Crippen LogP contribution >= 0.6 is 11.3 Å². The molecule has 0 saturated carbocycles. The first-order chi connectivity index (χ1) is 7.77. The molecule has 1 amide bonds. The second-order valence-corrected chi connectivity index (χ2v) is 4.32. The summed E-state index contributed by atoms with van der Waals surface area (Å²) in [6.45, 7) is 3.35. The number of rotatable bonds is 6. The Bertz CT molecular complexity index is 333. The summed E-state index contributed by atoms with van der Waals surface area (Å²) < 4.78 is 0. The highest BCUT2D eigenvalue weighted by atomic mass is 32.1. The number of amides is 1. The van der Waals surface area contributed by atoms with Crippen LogP contribution in [0, 0.1) is 0 Å². The van der Waals surface area contributed by atoms with Crippen LogP contribution in [0.5, 0.6) is 0 Å².